The second-order valence-corrected chi connectivity index (χ2v) is 12.0. The summed E-state index contributed by atoms with van der Waals surface area (Å²) in [4.78, 5) is 14.4. The van der Waals surface area contributed by atoms with E-state index in [1.54, 1.807) is 0 Å². The number of ketones is 1. The van der Waals surface area contributed by atoms with Crippen LogP contribution in [0.2, 0.25) is 0 Å². The van der Waals surface area contributed by atoms with Gasteiger partial charge in [0.15, 0.2) is 5.78 Å². The quantitative estimate of drug-likeness (QED) is 0.316. The normalized spacial score (nSPS) is 15.4. The molecule has 192 valence electrons. The molecule has 1 heterocycles. The van der Waals surface area contributed by atoms with E-state index in [2.05, 4.69) is 10.2 Å². The van der Waals surface area contributed by atoms with Gasteiger partial charge < -0.3 is 0 Å². The molecule has 7 heteroatoms. The van der Waals surface area contributed by atoms with E-state index in [9.17, 15) is 18.0 Å². The molecule has 0 unspecified atom stereocenters. The third-order valence-corrected chi connectivity index (χ3v) is 7.18. The number of benzene rings is 2. The molecule has 0 saturated heterocycles. The van der Waals surface area contributed by atoms with Gasteiger partial charge in [-0.2, -0.15) is 18.3 Å². The fourth-order valence-electron chi connectivity index (χ4n) is 4.11. The first-order valence-electron chi connectivity index (χ1n) is 12.0. The first kappa shape index (κ1) is 26.7. The van der Waals surface area contributed by atoms with Crippen molar-refractivity contribution in [3.05, 3.63) is 93.2 Å². The summed E-state index contributed by atoms with van der Waals surface area (Å²) in [5, 5.41) is 13.0. The van der Waals surface area contributed by atoms with E-state index in [4.69, 9.17) is 0 Å². The Morgan fingerprint density at radius 2 is 1.38 bits per heavy atom. The lowest BCUT2D eigenvalue weighted by Gasteiger charge is -2.31. The molecule has 1 aliphatic carbocycles. The Balaban J connectivity index is 1.96. The molecular weight excluding hydrogens is 493 g/mol. The zero-order chi connectivity index (χ0) is 27.2. The fraction of sp³-hybridized carbons (Fsp3) is 0.300. The molecule has 1 aromatic heterocycles. The molecule has 0 fully saturated rings. The Morgan fingerprint density at radius 1 is 0.811 bits per heavy atom. The minimum absolute atomic E-state index is 0.0128. The molecule has 37 heavy (non-hydrogen) atoms. The molecule has 3 nitrogen and oxygen atoms in total. The van der Waals surface area contributed by atoms with Crippen molar-refractivity contribution in [3.8, 4) is 0 Å². The Bertz CT molecular complexity index is 1440. The van der Waals surface area contributed by atoms with E-state index in [0.717, 1.165) is 33.4 Å². The van der Waals surface area contributed by atoms with Crippen LogP contribution in [0.25, 0.3) is 16.5 Å². The lowest BCUT2D eigenvalue weighted by molar-refractivity contribution is -0.137. The molecule has 0 spiro atoms. The Morgan fingerprint density at radius 3 is 1.92 bits per heavy atom. The van der Waals surface area contributed by atoms with E-state index >= 15 is 0 Å². The maximum Gasteiger partial charge on any atom is 0.416 e. The number of hydrogen-bond donors (Lipinski definition) is 0. The highest BCUT2D eigenvalue weighted by atomic mass is 32.1. The van der Waals surface area contributed by atoms with Gasteiger partial charge in [0.05, 0.1) is 16.1 Å². The van der Waals surface area contributed by atoms with Crippen molar-refractivity contribution in [1.82, 2.24) is 0 Å². The van der Waals surface area contributed by atoms with Crippen molar-refractivity contribution in [3.63, 3.8) is 0 Å². The number of azo groups is 1. The molecule has 3 aromatic rings. The summed E-state index contributed by atoms with van der Waals surface area (Å²) in [5.41, 5.74) is 1.44. The van der Waals surface area contributed by atoms with Gasteiger partial charge in [-0.1, -0.05) is 65.8 Å². The Labute approximate surface area is 219 Å². The number of carbonyl (C=O) groups excluding carboxylic acids is 1. The van der Waals surface area contributed by atoms with E-state index < -0.39 is 22.6 Å². The number of fused-ring (bicyclic) bond motifs is 1. The number of Topliss-reactive ketones (excluding diaryl/α,β-unsaturated/α-hetero) is 1. The zero-order valence-corrected chi connectivity index (χ0v) is 22.5. The summed E-state index contributed by atoms with van der Waals surface area (Å²) in [6, 6.07) is 12.5. The van der Waals surface area contributed by atoms with Crippen LogP contribution in [0.5, 0.6) is 0 Å². The number of nitrogens with zero attached hydrogens (tertiary/aromatic N) is 2. The minimum Gasteiger partial charge on any atom is -0.289 e. The highest BCUT2D eigenvalue weighted by Gasteiger charge is 2.35. The summed E-state index contributed by atoms with van der Waals surface area (Å²) >= 11 is 1.52. The largest absolute Gasteiger partial charge is 0.416 e. The lowest BCUT2D eigenvalue weighted by atomic mass is 9.71. The third-order valence-electron chi connectivity index (χ3n) is 6.16. The number of rotatable bonds is 3. The first-order chi connectivity index (χ1) is 17.2. The third kappa shape index (κ3) is 5.67. The summed E-state index contributed by atoms with van der Waals surface area (Å²) < 4.78 is 39.0. The number of thiophene rings is 1. The average Bonchev–Trinajstić information content (AvgIpc) is 3.22. The van der Waals surface area contributed by atoms with Gasteiger partial charge in [-0.15, -0.1) is 16.5 Å². The number of halogens is 3. The van der Waals surface area contributed by atoms with E-state index in [1.165, 1.54) is 23.5 Å². The van der Waals surface area contributed by atoms with Crippen molar-refractivity contribution in [2.75, 3.05) is 0 Å². The maximum atomic E-state index is 13.5. The van der Waals surface area contributed by atoms with Crippen LogP contribution in [-0.4, -0.2) is 5.78 Å². The summed E-state index contributed by atoms with van der Waals surface area (Å²) in [7, 11) is 0. The second-order valence-electron chi connectivity index (χ2n) is 11.1. The van der Waals surface area contributed by atoms with Crippen LogP contribution in [0.3, 0.4) is 0 Å². The van der Waals surface area contributed by atoms with E-state index in [1.807, 2.05) is 83.3 Å². The van der Waals surface area contributed by atoms with Crippen LogP contribution < -0.4 is 0 Å². The lowest BCUT2D eigenvalue weighted by Crippen LogP contribution is -2.28. The average molecular weight is 523 g/mol. The molecule has 0 radical (unpaired) electrons. The van der Waals surface area contributed by atoms with Gasteiger partial charge >= 0.3 is 6.18 Å². The van der Waals surface area contributed by atoms with Gasteiger partial charge in [-0.3, -0.25) is 4.79 Å². The standard InChI is InChI=1S/C30H29F3N2OS/c1-28(2,3)23-15-19(16-24(26(23)36)29(4,5)6)25(27-22-10-8-7-9-18(22)17-37-27)35-34-21-13-11-20(12-14-21)30(31,32)33/h7-17H,1-6H3. The van der Waals surface area contributed by atoms with Crippen molar-refractivity contribution >= 4 is 39.3 Å². The first-order valence-corrected chi connectivity index (χ1v) is 12.8. The van der Waals surface area contributed by atoms with Crippen LogP contribution in [-0.2, 0) is 11.0 Å². The van der Waals surface area contributed by atoms with Crippen molar-refractivity contribution in [2.24, 2.45) is 21.1 Å². The predicted octanol–water partition coefficient (Wildman–Crippen LogP) is 9.94. The van der Waals surface area contributed by atoms with Gasteiger partial charge in [0, 0.05) is 22.1 Å². The molecule has 0 N–H and O–H groups in total. The van der Waals surface area contributed by atoms with Crippen molar-refractivity contribution < 1.29 is 18.0 Å². The summed E-state index contributed by atoms with van der Waals surface area (Å²) in [5.74, 6) is 0.0128. The molecule has 1 aliphatic rings. The van der Waals surface area contributed by atoms with Crippen LogP contribution in [0.1, 0.15) is 52.0 Å². The highest BCUT2D eigenvalue weighted by Crippen LogP contribution is 2.43. The molecule has 2 aromatic carbocycles. The molecule has 0 bridgehead atoms. The maximum absolute atomic E-state index is 13.5. The van der Waals surface area contributed by atoms with Gasteiger partial charge in [-0.05, 0) is 58.0 Å². The Hall–Kier alpha value is -3.32. The molecule has 0 atom stereocenters. The second kappa shape index (κ2) is 9.53. The minimum atomic E-state index is -4.42. The van der Waals surface area contributed by atoms with Gasteiger partial charge in [0.25, 0.3) is 0 Å². The summed E-state index contributed by atoms with van der Waals surface area (Å²) in [6.45, 7) is 12.0. The smallest absolute Gasteiger partial charge is 0.289 e. The number of carbonyl (C=O) groups is 1. The van der Waals surface area contributed by atoms with E-state index in [0.29, 0.717) is 22.5 Å². The molecule has 0 amide bonds. The topological polar surface area (TPSA) is 41.8 Å². The monoisotopic (exact) mass is 522 g/mol. The van der Waals surface area contributed by atoms with Crippen molar-refractivity contribution in [1.29, 1.82) is 0 Å². The highest BCUT2D eigenvalue weighted by molar-refractivity contribution is 7.12. The van der Waals surface area contributed by atoms with Crippen LogP contribution in [0, 0.1) is 10.8 Å². The van der Waals surface area contributed by atoms with Gasteiger partial charge in [0.2, 0.25) is 0 Å². The molecular formula is C30H29F3N2OS. The van der Waals surface area contributed by atoms with Crippen LogP contribution in [0.4, 0.5) is 18.9 Å². The SMILES string of the molecule is CC(C)(C)C1=CC(=C(N=Nc2ccc(C(F)(F)F)cc2)c2scc3ccccc23)C=C(C(C)(C)C)C1=O. The van der Waals surface area contributed by atoms with E-state index in [-0.39, 0.29) is 5.78 Å². The fourth-order valence-corrected chi connectivity index (χ4v) is 5.15. The zero-order valence-electron chi connectivity index (χ0n) is 21.7. The molecule has 0 aliphatic heterocycles. The van der Waals surface area contributed by atoms with Gasteiger partial charge in [0.1, 0.15) is 5.70 Å². The van der Waals surface area contributed by atoms with Crippen LogP contribution >= 0.6 is 11.3 Å². The summed E-state index contributed by atoms with van der Waals surface area (Å²) in [6.07, 6.45) is -0.657. The Kier molecular flexibility index (Phi) is 6.88. The number of allylic oxidation sites excluding steroid dienone is 5. The molecule has 0 saturated carbocycles. The predicted molar refractivity (Wildman–Crippen MR) is 145 cm³/mol. The van der Waals surface area contributed by atoms with Crippen molar-refractivity contribution in [2.45, 2.75) is 47.7 Å². The number of hydrogen-bond acceptors (Lipinski definition) is 4. The molecule has 4 rings (SSSR count). The van der Waals surface area contributed by atoms with Gasteiger partial charge in [-0.25, -0.2) is 0 Å². The number of alkyl halides is 3. The van der Waals surface area contributed by atoms with Crippen LogP contribution in [0.15, 0.2) is 93.0 Å².